The largest absolute Gasteiger partial charge is 0.490 e. The molecule has 0 amide bonds. The van der Waals surface area contributed by atoms with Gasteiger partial charge in [0.2, 0.25) is 0 Å². The SMILES string of the molecule is CCNCCc1cc(Br)c2c(c1)OCCCO2. The fourth-order valence-electron chi connectivity index (χ4n) is 1.84. The first-order chi connectivity index (χ1) is 8.31. The monoisotopic (exact) mass is 299 g/mol. The molecule has 1 heterocycles. The molecule has 0 bridgehead atoms. The van der Waals surface area contributed by atoms with Crippen LogP contribution >= 0.6 is 15.9 Å². The Bertz CT molecular complexity index is 382. The second kappa shape index (κ2) is 6.26. The van der Waals surface area contributed by atoms with E-state index in [0.29, 0.717) is 0 Å². The standard InChI is InChI=1S/C13H18BrNO2/c1-2-15-5-4-10-8-11(14)13-12(9-10)16-6-3-7-17-13/h8-9,15H,2-7H2,1H3. The van der Waals surface area contributed by atoms with Gasteiger partial charge in [0, 0.05) is 6.42 Å². The Morgan fingerprint density at radius 3 is 2.94 bits per heavy atom. The first-order valence-electron chi connectivity index (χ1n) is 6.10. The zero-order valence-corrected chi connectivity index (χ0v) is 11.7. The number of halogens is 1. The van der Waals surface area contributed by atoms with Gasteiger partial charge in [-0.3, -0.25) is 0 Å². The van der Waals surface area contributed by atoms with E-state index in [0.717, 1.165) is 55.1 Å². The van der Waals surface area contributed by atoms with Crippen LogP contribution in [0.15, 0.2) is 16.6 Å². The number of rotatable bonds is 4. The average molecular weight is 300 g/mol. The van der Waals surface area contributed by atoms with Crippen molar-refractivity contribution in [1.29, 1.82) is 0 Å². The van der Waals surface area contributed by atoms with Gasteiger partial charge in [0.1, 0.15) is 0 Å². The zero-order chi connectivity index (χ0) is 12.1. The van der Waals surface area contributed by atoms with E-state index in [1.165, 1.54) is 5.56 Å². The van der Waals surface area contributed by atoms with Crippen molar-refractivity contribution >= 4 is 15.9 Å². The quantitative estimate of drug-likeness (QED) is 0.867. The minimum absolute atomic E-state index is 0.725. The van der Waals surface area contributed by atoms with E-state index < -0.39 is 0 Å². The van der Waals surface area contributed by atoms with Crippen molar-refractivity contribution in [3.63, 3.8) is 0 Å². The summed E-state index contributed by atoms with van der Waals surface area (Å²) in [5.74, 6) is 1.71. The molecular weight excluding hydrogens is 282 g/mol. The highest BCUT2D eigenvalue weighted by molar-refractivity contribution is 9.10. The van der Waals surface area contributed by atoms with Crippen LogP contribution in [0, 0.1) is 0 Å². The highest BCUT2D eigenvalue weighted by atomic mass is 79.9. The van der Waals surface area contributed by atoms with Crippen molar-refractivity contribution in [2.24, 2.45) is 0 Å². The van der Waals surface area contributed by atoms with Crippen LogP contribution in [0.5, 0.6) is 11.5 Å². The maximum atomic E-state index is 5.70. The predicted octanol–water partition coefficient (Wildman–Crippen LogP) is 2.76. The Morgan fingerprint density at radius 2 is 2.12 bits per heavy atom. The van der Waals surface area contributed by atoms with Gasteiger partial charge in [-0.1, -0.05) is 6.92 Å². The maximum Gasteiger partial charge on any atom is 0.175 e. The molecule has 1 N–H and O–H groups in total. The van der Waals surface area contributed by atoms with Gasteiger partial charge in [0.15, 0.2) is 11.5 Å². The lowest BCUT2D eigenvalue weighted by molar-refractivity contribution is 0.296. The highest BCUT2D eigenvalue weighted by Gasteiger charge is 2.14. The smallest absolute Gasteiger partial charge is 0.175 e. The fourth-order valence-corrected chi connectivity index (χ4v) is 2.44. The molecule has 0 fully saturated rings. The molecule has 1 aliphatic heterocycles. The highest BCUT2D eigenvalue weighted by Crippen LogP contribution is 2.38. The summed E-state index contributed by atoms with van der Waals surface area (Å²) < 4.78 is 12.4. The van der Waals surface area contributed by atoms with Crippen molar-refractivity contribution in [3.8, 4) is 11.5 Å². The van der Waals surface area contributed by atoms with E-state index in [-0.39, 0.29) is 0 Å². The molecule has 0 saturated carbocycles. The van der Waals surface area contributed by atoms with Gasteiger partial charge >= 0.3 is 0 Å². The number of ether oxygens (including phenoxy) is 2. The molecule has 17 heavy (non-hydrogen) atoms. The van der Waals surface area contributed by atoms with Crippen LogP contribution < -0.4 is 14.8 Å². The van der Waals surface area contributed by atoms with E-state index in [9.17, 15) is 0 Å². The average Bonchev–Trinajstić information content (AvgIpc) is 2.55. The fraction of sp³-hybridized carbons (Fsp3) is 0.538. The summed E-state index contributed by atoms with van der Waals surface area (Å²) in [6, 6.07) is 4.20. The van der Waals surface area contributed by atoms with E-state index in [4.69, 9.17) is 9.47 Å². The lowest BCUT2D eigenvalue weighted by atomic mass is 10.1. The lowest BCUT2D eigenvalue weighted by Crippen LogP contribution is -2.16. The molecule has 0 spiro atoms. The zero-order valence-electron chi connectivity index (χ0n) is 10.1. The van der Waals surface area contributed by atoms with E-state index in [1.807, 2.05) is 0 Å². The summed E-state index contributed by atoms with van der Waals surface area (Å²) in [6.45, 7) is 5.57. The van der Waals surface area contributed by atoms with Crippen LogP contribution in [0.2, 0.25) is 0 Å². The Balaban J connectivity index is 2.14. The van der Waals surface area contributed by atoms with Crippen LogP contribution in [0.3, 0.4) is 0 Å². The first kappa shape index (κ1) is 12.7. The van der Waals surface area contributed by atoms with Crippen molar-refractivity contribution < 1.29 is 9.47 Å². The number of nitrogens with one attached hydrogen (secondary N) is 1. The molecule has 0 aliphatic carbocycles. The van der Waals surface area contributed by atoms with Gasteiger partial charge in [-0.05, 0) is 53.1 Å². The summed E-state index contributed by atoms with van der Waals surface area (Å²) >= 11 is 3.55. The predicted molar refractivity (Wildman–Crippen MR) is 72.0 cm³/mol. The molecule has 0 saturated heterocycles. The van der Waals surface area contributed by atoms with Crippen molar-refractivity contribution in [2.45, 2.75) is 19.8 Å². The van der Waals surface area contributed by atoms with Crippen LogP contribution in [0.25, 0.3) is 0 Å². The summed E-state index contributed by atoms with van der Waals surface area (Å²) in [5, 5.41) is 3.32. The van der Waals surface area contributed by atoms with Gasteiger partial charge < -0.3 is 14.8 Å². The van der Waals surface area contributed by atoms with Crippen molar-refractivity contribution in [1.82, 2.24) is 5.32 Å². The van der Waals surface area contributed by atoms with E-state index in [1.54, 1.807) is 0 Å². The Hall–Kier alpha value is -0.740. The van der Waals surface area contributed by atoms with E-state index >= 15 is 0 Å². The molecular formula is C13H18BrNO2. The number of hydrogen-bond acceptors (Lipinski definition) is 3. The van der Waals surface area contributed by atoms with Crippen molar-refractivity contribution in [3.05, 3.63) is 22.2 Å². The third kappa shape index (κ3) is 3.36. The number of likely N-dealkylation sites (N-methyl/N-ethyl adjacent to an activating group) is 1. The Morgan fingerprint density at radius 1 is 1.29 bits per heavy atom. The summed E-state index contributed by atoms with van der Waals surface area (Å²) in [4.78, 5) is 0. The van der Waals surface area contributed by atoms with E-state index in [2.05, 4.69) is 40.3 Å². The van der Waals surface area contributed by atoms with Gasteiger partial charge in [0.05, 0.1) is 17.7 Å². The topological polar surface area (TPSA) is 30.5 Å². The molecule has 3 nitrogen and oxygen atoms in total. The normalized spacial score (nSPS) is 14.5. The van der Waals surface area contributed by atoms with Crippen LogP contribution in [0.4, 0.5) is 0 Å². The van der Waals surface area contributed by atoms with Crippen LogP contribution in [-0.2, 0) is 6.42 Å². The second-order valence-electron chi connectivity index (χ2n) is 4.06. The minimum Gasteiger partial charge on any atom is -0.490 e. The number of hydrogen-bond donors (Lipinski definition) is 1. The molecule has 0 unspecified atom stereocenters. The molecule has 1 aromatic carbocycles. The molecule has 4 heteroatoms. The van der Waals surface area contributed by atoms with Gasteiger partial charge in [0.25, 0.3) is 0 Å². The molecule has 0 radical (unpaired) electrons. The molecule has 94 valence electrons. The third-order valence-corrected chi connectivity index (χ3v) is 3.29. The summed E-state index contributed by atoms with van der Waals surface area (Å²) in [5.41, 5.74) is 1.27. The van der Waals surface area contributed by atoms with Crippen LogP contribution in [-0.4, -0.2) is 26.3 Å². The molecule has 2 rings (SSSR count). The Kier molecular flexibility index (Phi) is 4.68. The maximum absolute atomic E-state index is 5.70. The number of benzene rings is 1. The number of fused-ring (bicyclic) bond motifs is 1. The molecule has 0 aromatic heterocycles. The van der Waals surface area contributed by atoms with Crippen LogP contribution in [0.1, 0.15) is 18.9 Å². The molecule has 1 aromatic rings. The van der Waals surface area contributed by atoms with Gasteiger partial charge in [-0.15, -0.1) is 0 Å². The molecule has 0 atom stereocenters. The van der Waals surface area contributed by atoms with Gasteiger partial charge in [-0.2, -0.15) is 0 Å². The van der Waals surface area contributed by atoms with Gasteiger partial charge in [-0.25, -0.2) is 0 Å². The minimum atomic E-state index is 0.725. The second-order valence-corrected chi connectivity index (χ2v) is 4.91. The lowest BCUT2D eigenvalue weighted by Gasteiger charge is -2.11. The first-order valence-corrected chi connectivity index (χ1v) is 6.89. The van der Waals surface area contributed by atoms with Crippen molar-refractivity contribution in [2.75, 3.05) is 26.3 Å². The Labute approximate surface area is 111 Å². The third-order valence-electron chi connectivity index (χ3n) is 2.70. The summed E-state index contributed by atoms with van der Waals surface area (Å²) in [6.07, 6.45) is 1.94. The summed E-state index contributed by atoms with van der Waals surface area (Å²) in [7, 11) is 0. The molecule has 1 aliphatic rings.